The zero-order valence-electron chi connectivity index (χ0n) is 15.7. The molecule has 0 saturated carbocycles. The second-order valence-electron chi connectivity index (χ2n) is 7.31. The number of fused-ring (bicyclic) bond motifs is 1. The predicted octanol–water partition coefficient (Wildman–Crippen LogP) is 3.72. The summed E-state index contributed by atoms with van der Waals surface area (Å²) >= 11 is 0. The number of nitrogens with zero attached hydrogens (tertiary/aromatic N) is 1. The van der Waals surface area contributed by atoms with Crippen LogP contribution in [0.4, 0.5) is 0 Å². The van der Waals surface area contributed by atoms with E-state index in [0.29, 0.717) is 13.2 Å². The molecule has 142 valence electrons. The van der Waals surface area contributed by atoms with Gasteiger partial charge in [-0.15, -0.1) is 0 Å². The Kier molecular flexibility index (Phi) is 5.36. The summed E-state index contributed by atoms with van der Waals surface area (Å²) in [5.74, 6) is -0.671. The van der Waals surface area contributed by atoms with Crippen LogP contribution >= 0.6 is 0 Å². The Hall–Kier alpha value is -2.05. The maximum absolute atomic E-state index is 6.19. The fraction of sp³-hybridized carbons (Fsp3) is 0.409. The number of rotatable bonds is 6. The van der Waals surface area contributed by atoms with Crippen LogP contribution in [0.1, 0.15) is 25.0 Å². The third-order valence-corrected chi connectivity index (χ3v) is 4.68. The van der Waals surface area contributed by atoms with Crippen molar-refractivity contribution < 1.29 is 18.9 Å². The molecule has 5 heteroatoms. The molecule has 2 fully saturated rings. The van der Waals surface area contributed by atoms with E-state index in [1.165, 1.54) is 0 Å². The van der Waals surface area contributed by atoms with Gasteiger partial charge in [0, 0.05) is 6.21 Å². The molecule has 2 heterocycles. The van der Waals surface area contributed by atoms with Crippen LogP contribution in [-0.4, -0.2) is 36.6 Å². The molecule has 2 aromatic carbocycles. The van der Waals surface area contributed by atoms with Crippen molar-refractivity contribution in [2.45, 2.75) is 57.4 Å². The van der Waals surface area contributed by atoms with Crippen molar-refractivity contribution in [2.75, 3.05) is 0 Å². The first kappa shape index (κ1) is 18.3. The Labute approximate surface area is 159 Å². The Balaban J connectivity index is 1.44. The molecular weight excluding hydrogens is 342 g/mol. The lowest BCUT2D eigenvalue weighted by molar-refractivity contribution is -0.210. The molecule has 0 radical (unpaired) electrons. The molecule has 0 spiro atoms. The highest BCUT2D eigenvalue weighted by Crippen LogP contribution is 2.38. The van der Waals surface area contributed by atoms with Gasteiger partial charge in [0.05, 0.1) is 13.2 Å². The lowest BCUT2D eigenvalue weighted by Crippen LogP contribution is -2.37. The van der Waals surface area contributed by atoms with Crippen molar-refractivity contribution in [3.63, 3.8) is 0 Å². The quantitative estimate of drug-likeness (QED) is 0.730. The first-order valence-electron chi connectivity index (χ1n) is 9.31. The van der Waals surface area contributed by atoms with Crippen LogP contribution in [0.3, 0.4) is 0 Å². The maximum Gasteiger partial charge on any atom is 0.190 e. The van der Waals surface area contributed by atoms with Gasteiger partial charge in [-0.2, -0.15) is 0 Å². The van der Waals surface area contributed by atoms with Gasteiger partial charge in [0.1, 0.15) is 18.3 Å². The zero-order valence-corrected chi connectivity index (χ0v) is 15.7. The fourth-order valence-corrected chi connectivity index (χ4v) is 3.43. The van der Waals surface area contributed by atoms with Gasteiger partial charge in [0.25, 0.3) is 0 Å². The lowest BCUT2D eigenvalue weighted by Gasteiger charge is -2.24. The van der Waals surface area contributed by atoms with Gasteiger partial charge in [-0.05, 0) is 25.0 Å². The molecule has 2 aromatic rings. The van der Waals surface area contributed by atoms with Crippen LogP contribution in [-0.2, 0) is 32.1 Å². The van der Waals surface area contributed by atoms with Gasteiger partial charge in [-0.25, -0.2) is 0 Å². The Morgan fingerprint density at radius 1 is 0.963 bits per heavy atom. The van der Waals surface area contributed by atoms with Crippen LogP contribution in [0.5, 0.6) is 0 Å². The van der Waals surface area contributed by atoms with Crippen LogP contribution in [0.25, 0.3) is 0 Å². The molecule has 0 aromatic heterocycles. The minimum atomic E-state index is -0.671. The average molecular weight is 367 g/mol. The third kappa shape index (κ3) is 4.45. The van der Waals surface area contributed by atoms with Crippen LogP contribution in [0, 0.1) is 0 Å². The third-order valence-electron chi connectivity index (χ3n) is 4.68. The Bertz CT molecular complexity index is 762. The molecule has 0 bridgehead atoms. The molecular formula is C22H25NO4. The van der Waals surface area contributed by atoms with Gasteiger partial charge >= 0.3 is 0 Å². The summed E-state index contributed by atoms with van der Waals surface area (Å²) < 4.78 is 24.1. The van der Waals surface area contributed by atoms with Crippen molar-refractivity contribution in [1.82, 2.24) is 0 Å². The minimum absolute atomic E-state index is 0.267. The molecule has 2 aliphatic heterocycles. The monoisotopic (exact) mass is 367 g/mol. The lowest BCUT2D eigenvalue weighted by atomic mass is 10.1. The van der Waals surface area contributed by atoms with Crippen molar-refractivity contribution in [3.8, 4) is 0 Å². The zero-order chi connectivity index (χ0) is 18.7. The largest absolute Gasteiger partial charge is 0.367 e. The second-order valence-corrected chi connectivity index (χ2v) is 7.31. The van der Waals surface area contributed by atoms with E-state index < -0.39 is 12.1 Å². The predicted molar refractivity (Wildman–Crippen MR) is 102 cm³/mol. The molecule has 4 rings (SSSR count). The molecule has 4 atom stereocenters. The van der Waals surface area contributed by atoms with Crippen LogP contribution in [0.2, 0.25) is 0 Å². The SMILES string of the molecule is CC1(C)OC2C(OCc3ccccc3)[C@H](C=NCc3ccccc3)O[C@H]2O1. The van der Waals surface area contributed by atoms with Gasteiger partial charge < -0.3 is 18.9 Å². The molecule has 0 aliphatic carbocycles. The summed E-state index contributed by atoms with van der Waals surface area (Å²) in [7, 11) is 0. The van der Waals surface area contributed by atoms with Crippen molar-refractivity contribution in [2.24, 2.45) is 4.99 Å². The van der Waals surface area contributed by atoms with Crippen LogP contribution in [0.15, 0.2) is 65.7 Å². The van der Waals surface area contributed by atoms with Gasteiger partial charge in [0.15, 0.2) is 12.1 Å². The van der Waals surface area contributed by atoms with Crippen molar-refractivity contribution in [1.29, 1.82) is 0 Å². The van der Waals surface area contributed by atoms with E-state index in [0.717, 1.165) is 11.1 Å². The second kappa shape index (κ2) is 7.90. The summed E-state index contributed by atoms with van der Waals surface area (Å²) in [6.45, 7) is 4.88. The highest BCUT2D eigenvalue weighted by atomic mass is 16.8. The van der Waals surface area contributed by atoms with Gasteiger partial charge in [-0.3, -0.25) is 4.99 Å². The Morgan fingerprint density at radius 3 is 2.33 bits per heavy atom. The van der Waals surface area contributed by atoms with E-state index in [1.807, 2.05) is 68.6 Å². The summed E-state index contributed by atoms with van der Waals surface area (Å²) in [6, 6.07) is 20.2. The first-order valence-corrected chi connectivity index (χ1v) is 9.31. The molecule has 0 N–H and O–H groups in total. The van der Waals surface area contributed by atoms with Crippen LogP contribution < -0.4 is 0 Å². The van der Waals surface area contributed by atoms with E-state index in [2.05, 4.69) is 17.1 Å². The number of ether oxygens (including phenoxy) is 4. The van der Waals surface area contributed by atoms with Crippen molar-refractivity contribution in [3.05, 3.63) is 71.8 Å². The summed E-state index contributed by atoms with van der Waals surface area (Å²) in [5.41, 5.74) is 2.27. The summed E-state index contributed by atoms with van der Waals surface area (Å²) in [5, 5.41) is 0. The normalized spacial score (nSPS) is 29.3. The van der Waals surface area contributed by atoms with Crippen molar-refractivity contribution >= 4 is 6.21 Å². The topological polar surface area (TPSA) is 49.3 Å². The molecule has 2 saturated heterocycles. The first-order chi connectivity index (χ1) is 13.1. The standard InChI is InChI=1S/C22H25NO4/c1-22(2)26-20-19(24-15-17-11-7-4-8-12-17)18(25-21(20)27-22)14-23-13-16-9-5-3-6-10-16/h3-12,14,18-21H,13,15H2,1-2H3/t18-,19?,20?,21-/m0/s1. The van der Waals surface area contributed by atoms with E-state index in [9.17, 15) is 0 Å². The highest BCUT2D eigenvalue weighted by molar-refractivity contribution is 5.65. The van der Waals surface area contributed by atoms with Gasteiger partial charge in [-0.1, -0.05) is 60.7 Å². The van der Waals surface area contributed by atoms with E-state index >= 15 is 0 Å². The summed E-state index contributed by atoms with van der Waals surface area (Å²) in [4.78, 5) is 4.55. The molecule has 2 unspecified atom stereocenters. The van der Waals surface area contributed by atoms with E-state index in [4.69, 9.17) is 18.9 Å². The fourth-order valence-electron chi connectivity index (χ4n) is 3.43. The summed E-state index contributed by atoms with van der Waals surface area (Å²) in [6.07, 6.45) is 0.548. The number of hydrogen-bond donors (Lipinski definition) is 0. The average Bonchev–Trinajstić information content (AvgIpc) is 3.13. The smallest absolute Gasteiger partial charge is 0.190 e. The number of aliphatic imine (C=N–C) groups is 1. The number of hydrogen-bond acceptors (Lipinski definition) is 5. The molecule has 5 nitrogen and oxygen atoms in total. The van der Waals surface area contributed by atoms with Gasteiger partial charge in [0.2, 0.25) is 0 Å². The molecule has 0 amide bonds. The molecule has 27 heavy (non-hydrogen) atoms. The minimum Gasteiger partial charge on any atom is -0.367 e. The number of benzene rings is 2. The van der Waals surface area contributed by atoms with E-state index in [-0.39, 0.29) is 18.3 Å². The Morgan fingerprint density at radius 2 is 1.63 bits per heavy atom. The molecule has 2 aliphatic rings. The maximum atomic E-state index is 6.19. The van der Waals surface area contributed by atoms with E-state index in [1.54, 1.807) is 0 Å². The highest BCUT2D eigenvalue weighted by Gasteiger charge is 2.55.